The first-order valence-corrected chi connectivity index (χ1v) is 6.62. The Bertz CT molecular complexity index is 440. The number of methoxy groups -OCH3 is 1. The van der Waals surface area contributed by atoms with Gasteiger partial charge in [-0.1, -0.05) is 0 Å². The third kappa shape index (κ3) is 3.44. The van der Waals surface area contributed by atoms with Crippen LogP contribution in [0.1, 0.15) is 28.9 Å². The second kappa shape index (κ2) is 6.02. The van der Waals surface area contributed by atoms with Crippen LogP contribution >= 0.6 is 0 Å². The highest BCUT2D eigenvalue weighted by Crippen LogP contribution is 2.19. The van der Waals surface area contributed by atoms with Crippen LogP contribution in [0.15, 0.2) is 12.1 Å². The standard InChI is InChI=1S/C14H21N3O2/c1-10-6-12(7-13(15)16-10)14(18)17-5-3-4-11(8-17)9-19-2/h6-7,11H,3-5,8-9H2,1-2H3,(H2,15,16). The number of rotatable bonds is 3. The van der Waals surface area contributed by atoms with Crippen molar-refractivity contribution in [1.82, 2.24) is 9.88 Å². The van der Waals surface area contributed by atoms with Crippen LogP contribution in [0.4, 0.5) is 5.82 Å². The summed E-state index contributed by atoms with van der Waals surface area (Å²) in [6.45, 7) is 4.12. The number of nitrogen functional groups attached to an aromatic ring is 1. The molecule has 2 rings (SSSR count). The number of ether oxygens (including phenoxy) is 1. The van der Waals surface area contributed by atoms with Crippen LogP contribution in [0.3, 0.4) is 0 Å². The molecule has 1 fully saturated rings. The average Bonchev–Trinajstić information content (AvgIpc) is 2.37. The molecule has 2 N–H and O–H groups in total. The number of hydrogen-bond acceptors (Lipinski definition) is 4. The van der Waals surface area contributed by atoms with E-state index in [1.807, 2.05) is 11.8 Å². The van der Waals surface area contributed by atoms with Crippen molar-refractivity contribution in [3.05, 3.63) is 23.4 Å². The largest absolute Gasteiger partial charge is 0.384 e. The van der Waals surface area contributed by atoms with Gasteiger partial charge in [0.15, 0.2) is 0 Å². The van der Waals surface area contributed by atoms with Gasteiger partial charge < -0.3 is 15.4 Å². The monoisotopic (exact) mass is 263 g/mol. The van der Waals surface area contributed by atoms with E-state index < -0.39 is 0 Å². The summed E-state index contributed by atoms with van der Waals surface area (Å²) >= 11 is 0. The maximum absolute atomic E-state index is 12.5. The lowest BCUT2D eigenvalue weighted by Crippen LogP contribution is -2.41. The van der Waals surface area contributed by atoms with E-state index in [-0.39, 0.29) is 5.91 Å². The molecule has 1 amide bonds. The van der Waals surface area contributed by atoms with Gasteiger partial charge >= 0.3 is 0 Å². The Hall–Kier alpha value is -1.62. The highest BCUT2D eigenvalue weighted by molar-refractivity contribution is 5.95. The van der Waals surface area contributed by atoms with E-state index in [9.17, 15) is 4.79 Å². The van der Waals surface area contributed by atoms with Gasteiger partial charge in [-0.25, -0.2) is 4.98 Å². The van der Waals surface area contributed by atoms with Gasteiger partial charge in [0.05, 0.1) is 6.61 Å². The summed E-state index contributed by atoms with van der Waals surface area (Å²) in [6.07, 6.45) is 2.15. The highest BCUT2D eigenvalue weighted by Gasteiger charge is 2.24. The number of piperidine rings is 1. The lowest BCUT2D eigenvalue weighted by atomic mass is 9.98. The van der Waals surface area contributed by atoms with E-state index in [4.69, 9.17) is 10.5 Å². The number of hydrogen-bond donors (Lipinski definition) is 1. The van der Waals surface area contributed by atoms with E-state index in [1.54, 1.807) is 19.2 Å². The van der Waals surface area contributed by atoms with Gasteiger partial charge in [0.2, 0.25) is 0 Å². The Labute approximate surface area is 113 Å². The molecule has 1 atom stereocenters. The van der Waals surface area contributed by atoms with Gasteiger partial charge in [0.1, 0.15) is 5.82 Å². The van der Waals surface area contributed by atoms with Crippen molar-refractivity contribution in [2.45, 2.75) is 19.8 Å². The summed E-state index contributed by atoms with van der Waals surface area (Å²) < 4.78 is 5.19. The molecule has 0 aliphatic carbocycles. The fourth-order valence-corrected chi connectivity index (χ4v) is 2.62. The van der Waals surface area contributed by atoms with Crippen LogP contribution < -0.4 is 5.73 Å². The highest BCUT2D eigenvalue weighted by atomic mass is 16.5. The van der Waals surface area contributed by atoms with Crippen LogP contribution in [0.5, 0.6) is 0 Å². The van der Waals surface area contributed by atoms with Crippen molar-refractivity contribution in [3.63, 3.8) is 0 Å². The fourth-order valence-electron chi connectivity index (χ4n) is 2.62. The number of aromatic nitrogens is 1. The molecule has 1 aliphatic rings. The number of aryl methyl sites for hydroxylation is 1. The number of pyridine rings is 1. The quantitative estimate of drug-likeness (QED) is 0.896. The predicted molar refractivity (Wildman–Crippen MR) is 73.9 cm³/mol. The third-order valence-electron chi connectivity index (χ3n) is 3.43. The number of amides is 1. The lowest BCUT2D eigenvalue weighted by molar-refractivity contribution is 0.0571. The van der Waals surface area contributed by atoms with Gasteiger partial charge in [-0.2, -0.15) is 0 Å². The molecule has 19 heavy (non-hydrogen) atoms. The maximum atomic E-state index is 12.5. The number of carbonyl (C=O) groups excluding carboxylic acids is 1. The van der Waals surface area contributed by atoms with Crippen molar-refractivity contribution in [1.29, 1.82) is 0 Å². The van der Waals surface area contributed by atoms with Crippen LogP contribution in [0.2, 0.25) is 0 Å². The van der Waals surface area contributed by atoms with Crippen LogP contribution in [0.25, 0.3) is 0 Å². The molecule has 2 heterocycles. The average molecular weight is 263 g/mol. The minimum absolute atomic E-state index is 0.0398. The van der Waals surface area contributed by atoms with Crippen molar-refractivity contribution in [2.24, 2.45) is 5.92 Å². The number of carbonyl (C=O) groups is 1. The Morgan fingerprint density at radius 1 is 1.58 bits per heavy atom. The van der Waals surface area contributed by atoms with Gasteiger partial charge in [0, 0.05) is 31.5 Å². The number of likely N-dealkylation sites (tertiary alicyclic amines) is 1. The Kier molecular flexibility index (Phi) is 4.37. The van der Waals surface area contributed by atoms with Crippen molar-refractivity contribution in [3.8, 4) is 0 Å². The topological polar surface area (TPSA) is 68.5 Å². The summed E-state index contributed by atoms with van der Waals surface area (Å²) in [4.78, 5) is 18.4. The molecule has 1 aromatic heterocycles. The third-order valence-corrected chi connectivity index (χ3v) is 3.43. The Balaban J connectivity index is 2.10. The van der Waals surface area contributed by atoms with Gasteiger partial charge in [-0.05, 0) is 37.8 Å². The summed E-state index contributed by atoms with van der Waals surface area (Å²) in [5.74, 6) is 0.870. The van der Waals surface area contributed by atoms with Crippen LogP contribution in [-0.4, -0.2) is 42.6 Å². The number of anilines is 1. The predicted octanol–water partition coefficient (Wildman–Crippen LogP) is 1.47. The Morgan fingerprint density at radius 2 is 2.37 bits per heavy atom. The van der Waals surface area contributed by atoms with Crippen LogP contribution in [0, 0.1) is 12.8 Å². The first-order valence-electron chi connectivity index (χ1n) is 6.62. The van der Waals surface area contributed by atoms with Gasteiger partial charge in [-0.15, -0.1) is 0 Å². The first kappa shape index (κ1) is 13.8. The van der Waals surface area contributed by atoms with Gasteiger partial charge in [0.25, 0.3) is 5.91 Å². The number of nitrogens with two attached hydrogens (primary N) is 1. The molecule has 0 bridgehead atoms. The van der Waals surface area contributed by atoms with E-state index >= 15 is 0 Å². The van der Waals surface area contributed by atoms with Crippen LogP contribution in [-0.2, 0) is 4.74 Å². The minimum atomic E-state index is 0.0398. The molecule has 5 nitrogen and oxygen atoms in total. The van der Waals surface area contributed by atoms with E-state index in [2.05, 4.69) is 4.98 Å². The molecular weight excluding hydrogens is 242 g/mol. The Morgan fingerprint density at radius 3 is 3.05 bits per heavy atom. The molecular formula is C14H21N3O2. The zero-order chi connectivity index (χ0) is 13.8. The van der Waals surface area contributed by atoms with Gasteiger partial charge in [-0.3, -0.25) is 4.79 Å². The smallest absolute Gasteiger partial charge is 0.254 e. The first-order chi connectivity index (χ1) is 9.10. The zero-order valence-electron chi connectivity index (χ0n) is 11.6. The summed E-state index contributed by atoms with van der Waals surface area (Å²) in [7, 11) is 1.70. The minimum Gasteiger partial charge on any atom is -0.384 e. The normalized spacial score (nSPS) is 19.5. The summed E-state index contributed by atoms with van der Waals surface area (Å²) in [5.41, 5.74) is 7.10. The van der Waals surface area contributed by atoms with Crippen molar-refractivity contribution in [2.75, 3.05) is 32.5 Å². The molecule has 0 saturated carbocycles. The summed E-state index contributed by atoms with van der Waals surface area (Å²) in [6, 6.07) is 3.44. The molecule has 0 radical (unpaired) electrons. The van der Waals surface area contributed by atoms with Crippen molar-refractivity contribution >= 4 is 11.7 Å². The lowest BCUT2D eigenvalue weighted by Gasteiger charge is -2.32. The molecule has 5 heteroatoms. The molecule has 1 saturated heterocycles. The van der Waals surface area contributed by atoms with Crippen molar-refractivity contribution < 1.29 is 9.53 Å². The molecule has 1 unspecified atom stereocenters. The SMILES string of the molecule is COCC1CCCN(C(=O)c2cc(C)nc(N)c2)C1. The van der Waals surface area contributed by atoms with E-state index in [0.29, 0.717) is 23.9 Å². The molecule has 0 aromatic carbocycles. The second-order valence-corrected chi connectivity index (χ2v) is 5.14. The van der Waals surface area contributed by atoms with E-state index in [1.165, 1.54) is 0 Å². The molecule has 0 spiro atoms. The molecule has 1 aromatic rings. The second-order valence-electron chi connectivity index (χ2n) is 5.14. The fraction of sp³-hybridized carbons (Fsp3) is 0.571. The molecule has 1 aliphatic heterocycles. The zero-order valence-corrected chi connectivity index (χ0v) is 11.6. The van der Waals surface area contributed by atoms with E-state index in [0.717, 1.165) is 31.6 Å². The summed E-state index contributed by atoms with van der Waals surface area (Å²) in [5, 5.41) is 0. The maximum Gasteiger partial charge on any atom is 0.254 e. The molecule has 104 valence electrons. The number of nitrogens with zero attached hydrogens (tertiary/aromatic N) is 2.